The smallest absolute Gasteiger partial charge is 0.230 e. The van der Waals surface area contributed by atoms with Crippen molar-refractivity contribution in [3.8, 4) is 0 Å². The van der Waals surface area contributed by atoms with Gasteiger partial charge in [-0.1, -0.05) is 13.8 Å². The molecule has 0 unspecified atom stereocenters. The van der Waals surface area contributed by atoms with Gasteiger partial charge in [-0.25, -0.2) is 0 Å². The average Bonchev–Trinajstić information content (AvgIpc) is 2.26. The number of hydrogen-bond acceptors (Lipinski definition) is 2. The minimum Gasteiger partial charge on any atom is -0.380 e. The van der Waals surface area contributed by atoms with E-state index in [1.54, 1.807) is 0 Å². The SMILES string of the molecule is CC1(C)CCN(C(=O)C2COC2)C1. The molecule has 2 fully saturated rings. The molecule has 0 bridgehead atoms. The number of amides is 1. The maximum absolute atomic E-state index is 11.8. The van der Waals surface area contributed by atoms with Crippen LogP contribution >= 0.6 is 0 Å². The van der Waals surface area contributed by atoms with Crippen molar-refractivity contribution in [2.45, 2.75) is 20.3 Å². The number of nitrogens with zero attached hydrogens (tertiary/aromatic N) is 1. The van der Waals surface area contributed by atoms with Crippen molar-refractivity contribution in [3.05, 3.63) is 0 Å². The van der Waals surface area contributed by atoms with E-state index in [0.29, 0.717) is 24.5 Å². The summed E-state index contributed by atoms with van der Waals surface area (Å²) in [6, 6.07) is 0. The lowest BCUT2D eigenvalue weighted by molar-refractivity contribution is -0.149. The number of ether oxygens (including phenoxy) is 1. The minimum atomic E-state index is 0.161. The number of hydrogen-bond donors (Lipinski definition) is 0. The number of carbonyl (C=O) groups excluding carboxylic acids is 1. The van der Waals surface area contributed by atoms with Gasteiger partial charge in [-0.2, -0.15) is 0 Å². The van der Waals surface area contributed by atoms with E-state index < -0.39 is 0 Å². The Morgan fingerprint density at radius 3 is 2.54 bits per heavy atom. The van der Waals surface area contributed by atoms with Crippen LogP contribution in [-0.2, 0) is 9.53 Å². The van der Waals surface area contributed by atoms with Gasteiger partial charge in [-0.3, -0.25) is 4.79 Å². The summed E-state index contributed by atoms with van der Waals surface area (Å²) in [5, 5.41) is 0. The van der Waals surface area contributed by atoms with Gasteiger partial charge in [-0.05, 0) is 11.8 Å². The quantitative estimate of drug-likeness (QED) is 0.604. The molecule has 3 heteroatoms. The summed E-state index contributed by atoms with van der Waals surface area (Å²) in [5.74, 6) is 0.464. The van der Waals surface area contributed by atoms with Crippen LogP contribution in [0, 0.1) is 11.3 Å². The molecule has 2 heterocycles. The Morgan fingerprint density at radius 2 is 2.15 bits per heavy atom. The predicted octanol–water partition coefficient (Wildman–Crippen LogP) is 0.891. The molecule has 2 aliphatic rings. The van der Waals surface area contributed by atoms with Crippen molar-refractivity contribution in [1.29, 1.82) is 0 Å². The van der Waals surface area contributed by atoms with E-state index in [1.165, 1.54) is 0 Å². The molecular formula is C10H17NO2. The van der Waals surface area contributed by atoms with Crippen LogP contribution in [0.25, 0.3) is 0 Å². The van der Waals surface area contributed by atoms with Crippen LogP contribution in [-0.4, -0.2) is 37.1 Å². The fourth-order valence-electron chi connectivity index (χ4n) is 1.94. The molecule has 1 amide bonds. The zero-order chi connectivity index (χ0) is 9.47. The molecule has 0 spiro atoms. The molecule has 0 N–H and O–H groups in total. The summed E-state index contributed by atoms with van der Waals surface area (Å²) in [5.41, 5.74) is 0.320. The van der Waals surface area contributed by atoms with E-state index in [2.05, 4.69) is 13.8 Å². The van der Waals surface area contributed by atoms with Crippen LogP contribution in [0.15, 0.2) is 0 Å². The van der Waals surface area contributed by atoms with Crippen LogP contribution in [0.5, 0.6) is 0 Å². The second-order valence-corrected chi connectivity index (χ2v) is 4.91. The molecule has 3 nitrogen and oxygen atoms in total. The highest BCUT2D eigenvalue weighted by Crippen LogP contribution is 2.30. The Hall–Kier alpha value is -0.570. The van der Waals surface area contributed by atoms with Gasteiger partial charge in [0.1, 0.15) is 0 Å². The van der Waals surface area contributed by atoms with Crippen molar-refractivity contribution in [2.24, 2.45) is 11.3 Å². The van der Waals surface area contributed by atoms with Crippen LogP contribution in [0.3, 0.4) is 0 Å². The Labute approximate surface area is 79.0 Å². The Bertz CT molecular complexity index is 221. The number of likely N-dealkylation sites (tertiary alicyclic amines) is 1. The van der Waals surface area contributed by atoms with Gasteiger partial charge in [0.15, 0.2) is 0 Å². The molecule has 2 saturated heterocycles. The maximum Gasteiger partial charge on any atom is 0.230 e. The standard InChI is InChI=1S/C10H17NO2/c1-10(2)3-4-11(7-10)9(12)8-5-13-6-8/h8H,3-7H2,1-2H3. The Morgan fingerprint density at radius 1 is 1.46 bits per heavy atom. The van der Waals surface area contributed by atoms with Crippen molar-refractivity contribution in [3.63, 3.8) is 0 Å². The second kappa shape index (κ2) is 2.98. The summed E-state index contributed by atoms with van der Waals surface area (Å²) in [6.45, 7) is 7.56. The van der Waals surface area contributed by atoms with Gasteiger partial charge in [0.25, 0.3) is 0 Å². The van der Waals surface area contributed by atoms with E-state index >= 15 is 0 Å². The molecule has 0 aliphatic carbocycles. The first-order valence-corrected chi connectivity index (χ1v) is 4.95. The molecule has 0 aromatic carbocycles. The summed E-state index contributed by atoms with van der Waals surface area (Å²) < 4.78 is 5.02. The summed E-state index contributed by atoms with van der Waals surface area (Å²) >= 11 is 0. The van der Waals surface area contributed by atoms with Crippen molar-refractivity contribution in [2.75, 3.05) is 26.3 Å². The van der Waals surface area contributed by atoms with Gasteiger partial charge >= 0.3 is 0 Å². The highest BCUT2D eigenvalue weighted by Gasteiger charge is 2.37. The third-order valence-corrected chi connectivity index (χ3v) is 2.98. The fraction of sp³-hybridized carbons (Fsp3) is 0.900. The lowest BCUT2D eigenvalue weighted by Crippen LogP contribution is -2.44. The van der Waals surface area contributed by atoms with E-state index in [1.807, 2.05) is 4.90 Å². The van der Waals surface area contributed by atoms with Crippen LogP contribution in [0.4, 0.5) is 0 Å². The first-order valence-electron chi connectivity index (χ1n) is 4.95. The monoisotopic (exact) mass is 183 g/mol. The van der Waals surface area contributed by atoms with Gasteiger partial charge in [0.2, 0.25) is 5.91 Å². The van der Waals surface area contributed by atoms with Crippen LogP contribution < -0.4 is 0 Å². The van der Waals surface area contributed by atoms with E-state index in [-0.39, 0.29) is 5.92 Å². The first-order chi connectivity index (χ1) is 6.08. The summed E-state index contributed by atoms with van der Waals surface area (Å²) in [6.07, 6.45) is 1.13. The number of carbonyl (C=O) groups is 1. The third-order valence-electron chi connectivity index (χ3n) is 2.98. The molecule has 0 radical (unpaired) electrons. The molecule has 2 aliphatic heterocycles. The lowest BCUT2D eigenvalue weighted by atomic mass is 9.93. The van der Waals surface area contributed by atoms with E-state index in [4.69, 9.17) is 4.74 Å². The van der Waals surface area contributed by atoms with Crippen molar-refractivity contribution in [1.82, 2.24) is 4.90 Å². The summed E-state index contributed by atoms with van der Waals surface area (Å²) in [4.78, 5) is 13.8. The van der Waals surface area contributed by atoms with Crippen molar-refractivity contribution >= 4 is 5.91 Å². The van der Waals surface area contributed by atoms with Crippen molar-refractivity contribution < 1.29 is 9.53 Å². The normalized spacial score (nSPS) is 27.4. The first kappa shape index (κ1) is 9.00. The second-order valence-electron chi connectivity index (χ2n) is 4.91. The molecule has 74 valence electrons. The Kier molecular flexibility index (Phi) is 2.06. The highest BCUT2D eigenvalue weighted by atomic mass is 16.5. The van der Waals surface area contributed by atoms with Crippen LogP contribution in [0.2, 0.25) is 0 Å². The molecule has 2 rings (SSSR count). The molecule has 13 heavy (non-hydrogen) atoms. The van der Waals surface area contributed by atoms with Crippen LogP contribution in [0.1, 0.15) is 20.3 Å². The maximum atomic E-state index is 11.8. The van der Waals surface area contributed by atoms with Gasteiger partial charge in [0, 0.05) is 13.1 Å². The zero-order valence-corrected chi connectivity index (χ0v) is 8.38. The minimum absolute atomic E-state index is 0.161. The van der Waals surface area contributed by atoms with Gasteiger partial charge in [-0.15, -0.1) is 0 Å². The molecule has 0 atom stereocenters. The lowest BCUT2D eigenvalue weighted by Gasteiger charge is -2.30. The number of rotatable bonds is 1. The molecule has 0 saturated carbocycles. The van der Waals surface area contributed by atoms with Gasteiger partial charge in [0.05, 0.1) is 19.1 Å². The van der Waals surface area contributed by atoms with E-state index in [9.17, 15) is 4.79 Å². The average molecular weight is 183 g/mol. The Balaban J connectivity index is 1.91. The molecular weight excluding hydrogens is 166 g/mol. The predicted molar refractivity (Wildman–Crippen MR) is 49.3 cm³/mol. The fourth-order valence-corrected chi connectivity index (χ4v) is 1.94. The molecule has 0 aromatic rings. The topological polar surface area (TPSA) is 29.5 Å². The highest BCUT2D eigenvalue weighted by molar-refractivity contribution is 5.80. The molecule has 0 aromatic heterocycles. The van der Waals surface area contributed by atoms with E-state index in [0.717, 1.165) is 19.5 Å². The zero-order valence-electron chi connectivity index (χ0n) is 8.38. The largest absolute Gasteiger partial charge is 0.380 e. The van der Waals surface area contributed by atoms with Gasteiger partial charge < -0.3 is 9.64 Å². The third kappa shape index (κ3) is 1.70. The summed E-state index contributed by atoms with van der Waals surface area (Å²) in [7, 11) is 0.